The SMILES string of the molecule is CN(C(=O)Cl)c1ccc(Br)s1. The third-order valence-corrected chi connectivity index (χ3v) is 3.11. The van der Waals surface area contributed by atoms with Gasteiger partial charge in [-0.2, -0.15) is 0 Å². The van der Waals surface area contributed by atoms with Crippen LogP contribution in [0, 0.1) is 0 Å². The lowest BCUT2D eigenvalue weighted by Gasteiger charge is -2.08. The van der Waals surface area contributed by atoms with Crippen LogP contribution in [0.2, 0.25) is 0 Å². The highest BCUT2D eigenvalue weighted by Crippen LogP contribution is 2.29. The first-order chi connectivity index (χ1) is 5.11. The molecule has 0 aromatic carbocycles. The topological polar surface area (TPSA) is 20.3 Å². The zero-order valence-corrected chi connectivity index (χ0v) is 8.83. The van der Waals surface area contributed by atoms with Crippen LogP contribution in [-0.4, -0.2) is 12.4 Å². The first kappa shape index (κ1) is 9.03. The van der Waals surface area contributed by atoms with Crippen LogP contribution in [0.4, 0.5) is 9.80 Å². The number of carbonyl (C=O) groups is 1. The Balaban J connectivity index is 2.84. The molecule has 0 bridgehead atoms. The van der Waals surface area contributed by atoms with Crippen molar-refractivity contribution in [3.05, 3.63) is 15.9 Å². The smallest absolute Gasteiger partial charge is 0.293 e. The van der Waals surface area contributed by atoms with Crippen LogP contribution in [0.25, 0.3) is 0 Å². The average Bonchev–Trinajstić information content (AvgIpc) is 2.34. The summed E-state index contributed by atoms with van der Waals surface area (Å²) in [5, 5.41) is 0.358. The molecule has 0 N–H and O–H groups in total. The highest BCUT2D eigenvalue weighted by molar-refractivity contribution is 9.11. The molecule has 1 rings (SSSR count). The fraction of sp³-hybridized carbons (Fsp3) is 0.167. The summed E-state index contributed by atoms with van der Waals surface area (Å²) in [6.07, 6.45) is 0. The molecule has 1 aromatic heterocycles. The predicted molar refractivity (Wildman–Crippen MR) is 51.7 cm³/mol. The zero-order chi connectivity index (χ0) is 8.43. The highest BCUT2D eigenvalue weighted by Gasteiger charge is 2.08. The molecule has 60 valence electrons. The minimum atomic E-state index is -0.473. The van der Waals surface area contributed by atoms with Crippen molar-refractivity contribution < 1.29 is 4.79 Å². The monoisotopic (exact) mass is 253 g/mol. The Morgan fingerprint density at radius 2 is 2.36 bits per heavy atom. The molecule has 0 fully saturated rings. The molecule has 2 nitrogen and oxygen atoms in total. The van der Waals surface area contributed by atoms with Gasteiger partial charge in [0.25, 0.3) is 0 Å². The Bertz CT molecular complexity index is 275. The van der Waals surface area contributed by atoms with E-state index in [9.17, 15) is 4.79 Å². The van der Waals surface area contributed by atoms with E-state index in [4.69, 9.17) is 11.6 Å². The maximum absolute atomic E-state index is 10.6. The molecule has 0 aliphatic heterocycles. The molecule has 1 heterocycles. The molecule has 0 atom stereocenters. The van der Waals surface area contributed by atoms with Crippen molar-refractivity contribution >= 4 is 49.2 Å². The van der Waals surface area contributed by atoms with Gasteiger partial charge in [0.1, 0.15) is 0 Å². The molecule has 0 saturated carbocycles. The number of nitrogens with zero attached hydrogens (tertiary/aromatic N) is 1. The summed E-state index contributed by atoms with van der Waals surface area (Å²) in [7, 11) is 1.63. The zero-order valence-electron chi connectivity index (χ0n) is 5.67. The molecule has 0 aliphatic rings. The number of hydrogen-bond donors (Lipinski definition) is 0. The fourth-order valence-electron chi connectivity index (χ4n) is 0.572. The molecule has 11 heavy (non-hydrogen) atoms. The maximum Gasteiger partial charge on any atom is 0.321 e. The standard InChI is InChI=1S/C6H5BrClNOS/c1-9(6(8)10)5-3-2-4(7)11-5/h2-3H,1H3. The van der Waals surface area contributed by atoms with Crippen molar-refractivity contribution in [2.75, 3.05) is 11.9 Å². The van der Waals surface area contributed by atoms with E-state index in [1.54, 1.807) is 7.05 Å². The normalized spacial score (nSPS) is 9.73. The Hall–Kier alpha value is -0.0600. The molecule has 0 aliphatic carbocycles. The highest BCUT2D eigenvalue weighted by atomic mass is 79.9. The Morgan fingerprint density at radius 3 is 2.73 bits per heavy atom. The molecule has 0 radical (unpaired) electrons. The van der Waals surface area contributed by atoms with Crippen molar-refractivity contribution in [3.8, 4) is 0 Å². The van der Waals surface area contributed by atoms with E-state index in [1.807, 2.05) is 12.1 Å². The summed E-state index contributed by atoms with van der Waals surface area (Å²) in [6, 6.07) is 3.70. The van der Waals surface area contributed by atoms with Crippen molar-refractivity contribution in [3.63, 3.8) is 0 Å². The number of thiophene rings is 1. The first-order valence-corrected chi connectivity index (χ1v) is 4.78. The number of anilines is 1. The fourth-order valence-corrected chi connectivity index (χ4v) is 2.03. The van der Waals surface area contributed by atoms with E-state index in [0.29, 0.717) is 0 Å². The predicted octanol–water partition coefficient (Wildman–Crippen LogP) is 3.31. The molecular weight excluding hydrogens is 249 g/mol. The van der Waals surface area contributed by atoms with Gasteiger partial charge in [0.15, 0.2) is 0 Å². The van der Waals surface area contributed by atoms with Gasteiger partial charge in [-0.3, -0.25) is 9.69 Å². The van der Waals surface area contributed by atoms with E-state index >= 15 is 0 Å². The largest absolute Gasteiger partial charge is 0.321 e. The summed E-state index contributed by atoms with van der Waals surface area (Å²) in [6.45, 7) is 0. The second-order valence-corrected chi connectivity index (χ2v) is 4.65. The van der Waals surface area contributed by atoms with E-state index in [2.05, 4.69) is 15.9 Å². The second kappa shape index (κ2) is 3.56. The van der Waals surface area contributed by atoms with Gasteiger partial charge >= 0.3 is 5.37 Å². The van der Waals surface area contributed by atoms with E-state index < -0.39 is 5.37 Å². The summed E-state index contributed by atoms with van der Waals surface area (Å²) >= 11 is 10.00. The van der Waals surface area contributed by atoms with Crippen LogP contribution >= 0.6 is 38.9 Å². The van der Waals surface area contributed by atoms with Crippen LogP contribution < -0.4 is 4.90 Å². The van der Waals surface area contributed by atoms with Gasteiger partial charge in [-0.25, -0.2) is 0 Å². The third-order valence-electron chi connectivity index (χ3n) is 1.15. The van der Waals surface area contributed by atoms with Crippen LogP contribution in [0.15, 0.2) is 15.9 Å². The Morgan fingerprint density at radius 1 is 1.73 bits per heavy atom. The number of rotatable bonds is 1. The lowest BCUT2D eigenvalue weighted by molar-refractivity contribution is 0.265. The maximum atomic E-state index is 10.6. The third kappa shape index (κ3) is 2.18. The van der Waals surface area contributed by atoms with Crippen molar-refractivity contribution in [2.24, 2.45) is 0 Å². The van der Waals surface area contributed by atoms with Crippen LogP contribution in [-0.2, 0) is 0 Å². The van der Waals surface area contributed by atoms with Crippen LogP contribution in [0.1, 0.15) is 0 Å². The molecule has 0 spiro atoms. The number of carbonyl (C=O) groups excluding carboxylic acids is 1. The van der Waals surface area contributed by atoms with Gasteiger partial charge in [-0.15, -0.1) is 11.3 Å². The second-order valence-electron chi connectivity index (χ2n) is 1.89. The quantitative estimate of drug-likeness (QED) is 0.556. The van der Waals surface area contributed by atoms with E-state index in [0.717, 1.165) is 8.79 Å². The molecule has 5 heteroatoms. The first-order valence-electron chi connectivity index (χ1n) is 2.80. The van der Waals surface area contributed by atoms with Gasteiger partial charge in [0.05, 0.1) is 8.79 Å². The molecule has 0 saturated heterocycles. The lowest BCUT2D eigenvalue weighted by Crippen LogP contribution is -2.17. The number of halogens is 2. The molecule has 0 unspecified atom stereocenters. The molecular formula is C6H5BrClNOS. The average molecular weight is 255 g/mol. The van der Waals surface area contributed by atoms with Gasteiger partial charge in [0, 0.05) is 7.05 Å². The minimum absolute atomic E-state index is 0.473. The van der Waals surface area contributed by atoms with E-state index in [-0.39, 0.29) is 0 Å². The van der Waals surface area contributed by atoms with Crippen molar-refractivity contribution in [2.45, 2.75) is 0 Å². The summed E-state index contributed by atoms with van der Waals surface area (Å²) in [5.74, 6) is 0. The number of hydrogen-bond acceptors (Lipinski definition) is 2. The molecule has 1 aromatic rings. The summed E-state index contributed by atoms with van der Waals surface area (Å²) in [5.41, 5.74) is 0. The summed E-state index contributed by atoms with van der Waals surface area (Å²) in [4.78, 5) is 12.0. The van der Waals surface area contributed by atoms with Crippen LogP contribution in [0.3, 0.4) is 0 Å². The lowest BCUT2D eigenvalue weighted by atomic mass is 10.6. The number of amides is 1. The Kier molecular flexibility index (Phi) is 2.92. The van der Waals surface area contributed by atoms with Gasteiger partial charge in [0.2, 0.25) is 0 Å². The van der Waals surface area contributed by atoms with E-state index in [1.165, 1.54) is 16.2 Å². The summed E-state index contributed by atoms with van der Waals surface area (Å²) < 4.78 is 0.984. The molecule has 1 amide bonds. The minimum Gasteiger partial charge on any atom is -0.293 e. The van der Waals surface area contributed by atoms with Crippen molar-refractivity contribution in [1.82, 2.24) is 0 Å². The van der Waals surface area contributed by atoms with Crippen molar-refractivity contribution in [1.29, 1.82) is 0 Å². The Labute approximate surface area is 81.9 Å². The van der Waals surface area contributed by atoms with Gasteiger partial charge < -0.3 is 0 Å². The van der Waals surface area contributed by atoms with Gasteiger partial charge in [-0.05, 0) is 39.7 Å². The van der Waals surface area contributed by atoms with Gasteiger partial charge in [-0.1, -0.05) is 0 Å². The van der Waals surface area contributed by atoms with Crippen LogP contribution in [0.5, 0.6) is 0 Å².